The molecule has 0 aliphatic heterocycles. The van der Waals surface area contributed by atoms with Gasteiger partial charge in [0.05, 0.1) is 21.2 Å². The Morgan fingerprint density at radius 1 is 1.22 bits per heavy atom. The second-order valence-electron chi connectivity index (χ2n) is 3.31. The van der Waals surface area contributed by atoms with Crippen molar-refractivity contribution in [3.8, 4) is 0 Å². The van der Waals surface area contributed by atoms with Gasteiger partial charge in [0.2, 0.25) is 0 Å². The summed E-state index contributed by atoms with van der Waals surface area (Å²) < 4.78 is -0.299. The van der Waals surface area contributed by atoms with Gasteiger partial charge in [-0.2, -0.15) is 0 Å². The van der Waals surface area contributed by atoms with Crippen LogP contribution in [0.25, 0.3) is 0 Å². The Labute approximate surface area is 70.8 Å². The Balaban J connectivity index is 4.14. The van der Waals surface area contributed by atoms with Gasteiger partial charge in [0.15, 0.2) is 0 Å². The summed E-state index contributed by atoms with van der Waals surface area (Å²) in [6.07, 6.45) is 0. The Morgan fingerprint density at radius 3 is 1.56 bits per heavy atom. The van der Waals surface area contributed by atoms with Crippen molar-refractivity contribution in [2.24, 2.45) is 0 Å². The third-order valence-corrected chi connectivity index (χ3v) is 13.9. The van der Waals surface area contributed by atoms with Crippen LogP contribution in [0.2, 0.25) is 26.2 Å². The van der Waals surface area contributed by atoms with Crippen LogP contribution in [0.4, 0.5) is 0 Å². The molecular formula is C5H14Cl2Si2. The summed E-state index contributed by atoms with van der Waals surface area (Å²) in [5.74, 6) is 0. The second-order valence-corrected chi connectivity index (χ2v) is 14.2. The normalized spacial score (nSPS) is 15.3. The van der Waals surface area contributed by atoms with E-state index in [0.717, 1.165) is 0 Å². The van der Waals surface area contributed by atoms with Gasteiger partial charge < -0.3 is 0 Å². The maximum Gasteiger partial charge on any atom is 0.0910 e. The van der Waals surface area contributed by atoms with Crippen LogP contribution in [0.1, 0.15) is 0 Å². The van der Waals surface area contributed by atoms with Crippen molar-refractivity contribution in [2.75, 3.05) is 0 Å². The quantitative estimate of drug-likeness (QED) is 0.474. The van der Waals surface area contributed by atoms with E-state index in [4.69, 9.17) is 23.2 Å². The van der Waals surface area contributed by atoms with Crippen LogP contribution in [0.3, 0.4) is 0 Å². The van der Waals surface area contributed by atoms with E-state index in [1.165, 1.54) is 0 Å². The lowest BCUT2D eigenvalue weighted by Crippen LogP contribution is -2.46. The second kappa shape index (κ2) is 2.95. The molecule has 0 N–H and O–H groups in total. The molecule has 0 radical (unpaired) electrons. The summed E-state index contributed by atoms with van der Waals surface area (Å²) >= 11 is 12.2. The fraction of sp³-hybridized carbons (Fsp3) is 1.00. The van der Waals surface area contributed by atoms with Gasteiger partial charge in [-0.05, 0) is 0 Å². The number of hydrogen-bond acceptors (Lipinski definition) is 0. The molecule has 0 aromatic carbocycles. The smallest absolute Gasteiger partial charge is 0.0910 e. The van der Waals surface area contributed by atoms with Crippen molar-refractivity contribution in [1.82, 2.24) is 0 Å². The SMILES string of the molecule is C[SiH2]C(Cl)(Cl)[Si](C)(C)C. The fourth-order valence-electron chi connectivity index (χ4n) is 0.530. The summed E-state index contributed by atoms with van der Waals surface area (Å²) in [5.41, 5.74) is 0. The first kappa shape index (κ1) is 10.0. The van der Waals surface area contributed by atoms with Gasteiger partial charge >= 0.3 is 0 Å². The van der Waals surface area contributed by atoms with E-state index in [1.54, 1.807) is 0 Å². The van der Waals surface area contributed by atoms with E-state index in [9.17, 15) is 0 Å². The summed E-state index contributed by atoms with van der Waals surface area (Å²) in [6.45, 7) is 8.80. The van der Waals surface area contributed by atoms with Crippen LogP contribution in [-0.4, -0.2) is 21.2 Å². The first-order valence-corrected chi connectivity index (χ1v) is 9.57. The average Bonchev–Trinajstić information content (AvgIpc) is 1.64. The summed E-state index contributed by atoms with van der Waals surface area (Å²) in [7, 11) is -1.56. The molecule has 0 atom stereocenters. The van der Waals surface area contributed by atoms with E-state index in [0.29, 0.717) is 0 Å². The van der Waals surface area contributed by atoms with E-state index in [1.807, 2.05) is 0 Å². The topological polar surface area (TPSA) is 0 Å². The highest BCUT2D eigenvalue weighted by Crippen LogP contribution is 2.30. The zero-order chi connectivity index (χ0) is 7.71. The molecule has 0 unspecified atom stereocenters. The Kier molecular flexibility index (Phi) is 3.28. The highest BCUT2D eigenvalue weighted by Gasteiger charge is 2.37. The van der Waals surface area contributed by atoms with Crippen molar-refractivity contribution in [1.29, 1.82) is 0 Å². The molecule has 0 aromatic rings. The van der Waals surface area contributed by atoms with Crippen LogP contribution in [0, 0.1) is 0 Å². The largest absolute Gasteiger partial charge is 0.110 e. The van der Waals surface area contributed by atoms with E-state index in [2.05, 4.69) is 26.2 Å². The fourth-order valence-corrected chi connectivity index (χ4v) is 4.77. The number of alkyl halides is 2. The van der Waals surface area contributed by atoms with Gasteiger partial charge in [-0.1, -0.05) is 26.2 Å². The Morgan fingerprint density at radius 2 is 1.56 bits per heavy atom. The lowest BCUT2D eigenvalue weighted by molar-refractivity contribution is 1.46. The Hall–Kier alpha value is 1.01. The molecule has 0 heterocycles. The molecule has 0 aliphatic rings. The summed E-state index contributed by atoms with van der Waals surface area (Å²) in [6, 6.07) is 0. The van der Waals surface area contributed by atoms with Crippen molar-refractivity contribution in [3.63, 3.8) is 0 Å². The minimum absolute atomic E-state index is 0.270. The molecule has 9 heavy (non-hydrogen) atoms. The first-order chi connectivity index (χ1) is 3.81. The standard InChI is InChI=1S/C5H14Cl2Si2/c1-8-5(6,7)9(2,3)4/h8H2,1-4H3. The lowest BCUT2D eigenvalue weighted by atomic mass is 11.7. The van der Waals surface area contributed by atoms with E-state index >= 15 is 0 Å². The molecule has 56 valence electrons. The monoisotopic (exact) mass is 200 g/mol. The van der Waals surface area contributed by atoms with Gasteiger partial charge in [-0.25, -0.2) is 0 Å². The summed E-state index contributed by atoms with van der Waals surface area (Å²) in [4.78, 5) is 0. The van der Waals surface area contributed by atoms with Gasteiger partial charge in [-0.3, -0.25) is 0 Å². The predicted octanol–water partition coefficient (Wildman–Crippen LogP) is 2.21. The molecule has 0 bridgehead atoms. The van der Waals surface area contributed by atoms with Crippen molar-refractivity contribution in [3.05, 3.63) is 0 Å². The van der Waals surface area contributed by atoms with Crippen LogP contribution in [-0.2, 0) is 0 Å². The van der Waals surface area contributed by atoms with Crippen LogP contribution < -0.4 is 0 Å². The molecule has 0 saturated carbocycles. The number of hydrogen-bond donors (Lipinski definition) is 0. The number of rotatable bonds is 2. The van der Waals surface area contributed by atoms with Crippen molar-refractivity contribution in [2.45, 2.75) is 29.8 Å². The molecular weight excluding hydrogens is 187 g/mol. The van der Waals surface area contributed by atoms with Gasteiger partial charge in [0, 0.05) is 0 Å². The first-order valence-electron chi connectivity index (χ1n) is 3.19. The molecule has 4 heteroatoms. The highest BCUT2D eigenvalue weighted by atomic mass is 35.5. The zero-order valence-corrected chi connectivity index (χ0v) is 10.4. The van der Waals surface area contributed by atoms with Gasteiger partial charge in [-0.15, -0.1) is 23.2 Å². The minimum Gasteiger partial charge on any atom is -0.110 e. The zero-order valence-electron chi connectivity index (χ0n) is 6.46. The third-order valence-electron chi connectivity index (χ3n) is 1.54. The average molecular weight is 201 g/mol. The summed E-state index contributed by atoms with van der Waals surface area (Å²) in [5, 5.41) is 0. The number of halogens is 2. The maximum absolute atomic E-state index is 6.09. The van der Waals surface area contributed by atoms with Crippen molar-refractivity contribution >= 4 is 40.8 Å². The van der Waals surface area contributed by atoms with Crippen molar-refractivity contribution < 1.29 is 0 Å². The molecule has 0 fully saturated rings. The maximum atomic E-state index is 6.09. The molecule has 0 amide bonds. The molecule has 0 aromatic heterocycles. The molecule has 0 rings (SSSR count). The van der Waals surface area contributed by atoms with Crippen LogP contribution in [0.5, 0.6) is 0 Å². The van der Waals surface area contributed by atoms with Crippen LogP contribution in [0.15, 0.2) is 0 Å². The molecule has 0 aliphatic carbocycles. The molecule has 0 nitrogen and oxygen atoms in total. The van der Waals surface area contributed by atoms with E-state index in [-0.39, 0.29) is 13.1 Å². The predicted molar refractivity (Wildman–Crippen MR) is 52.2 cm³/mol. The third kappa shape index (κ3) is 2.62. The lowest BCUT2D eigenvalue weighted by Gasteiger charge is -2.30. The highest BCUT2D eigenvalue weighted by molar-refractivity contribution is 7.04. The van der Waals surface area contributed by atoms with E-state index < -0.39 is 8.07 Å². The molecule has 0 saturated heterocycles. The molecule has 0 spiro atoms. The van der Waals surface area contributed by atoms with Gasteiger partial charge in [0.1, 0.15) is 0 Å². The van der Waals surface area contributed by atoms with Gasteiger partial charge in [0.25, 0.3) is 0 Å². The van der Waals surface area contributed by atoms with Crippen LogP contribution >= 0.6 is 23.2 Å². The minimum atomic E-state index is -1.29. The Bertz CT molecular complexity index is 95.6.